The third-order valence-corrected chi connectivity index (χ3v) is 5.90. The molecule has 0 saturated heterocycles. The van der Waals surface area contributed by atoms with Gasteiger partial charge in [0.15, 0.2) is 5.60 Å². The minimum absolute atomic E-state index is 0.301. The number of carbonyl (C=O) groups is 1. The molecular weight excluding hydrogens is 362 g/mol. The molecule has 1 atom stereocenters. The summed E-state index contributed by atoms with van der Waals surface area (Å²) in [6.07, 6.45) is 0. The van der Waals surface area contributed by atoms with E-state index in [1.165, 1.54) is 0 Å². The van der Waals surface area contributed by atoms with E-state index in [9.17, 15) is 4.79 Å². The first-order valence-corrected chi connectivity index (χ1v) is 10.1. The summed E-state index contributed by atoms with van der Waals surface area (Å²) >= 11 is 0. The highest BCUT2D eigenvalue weighted by atomic mass is 16.6. The van der Waals surface area contributed by atoms with Gasteiger partial charge in [-0.2, -0.15) is 0 Å². The zero-order valence-electron chi connectivity index (χ0n) is 16.8. The predicted octanol–water partition coefficient (Wildman–Crippen LogP) is 5.49. The average Bonchev–Trinajstić information content (AvgIpc) is 3.02. The Morgan fingerprint density at radius 2 is 1.59 bits per heavy atom. The first kappa shape index (κ1) is 17.8. The second kappa shape index (κ2) is 6.38. The third-order valence-electron chi connectivity index (χ3n) is 5.90. The lowest BCUT2D eigenvalue weighted by molar-refractivity contribution is 0.0224. The van der Waals surface area contributed by atoms with Gasteiger partial charge in [-0.25, -0.2) is 4.79 Å². The molecule has 146 valence electrons. The fourth-order valence-corrected chi connectivity index (χ4v) is 4.64. The van der Waals surface area contributed by atoms with Crippen LogP contribution >= 0.6 is 0 Å². The molecule has 0 bridgehead atoms. The quantitative estimate of drug-likeness (QED) is 0.559. The molecule has 2 heterocycles. The normalized spacial score (nSPS) is 18.7. The summed E-state index contributed by atoms with van der Waals surface area (Å²) in [6, 6.07) is 22.0. The van der Waals surface area contributed by atoms with Crippen LogP contribution in [-0.4, -0.2) is 18.6 Å². The Morgan fingerprint density at radius 1 is 0.897 bits per heavy atom. The van der Waals surface area contributed by atoms with E-state index < -0.39 is 5.60 Å². The van der Waals surface area contributed by atoms with Crippen molar-refractivity contribution in [3.8, 4) is 11.5 Å². The van der Waals surface area contributed by atoms with Crippen molar-refractivity contribution in [2.75, 3.05) is 11.4 Å². The van der Waals surface area contributed by atoms with E-state index in [1.807, 2.05) is 54.6 Å². The van der Waals surface area contributed by atoms with Gasteiger partial charge in [0.1, 0.15) is 11.5 Å². The van der Waals surface area contributed by atoms with Gasteiger partial charge in [-0.05, 0) is 45.0 Å². The number of ether oxygens (including phenoxy) is 2. The monoisotopic (exact) mass is 385 g/mol. The van der Waals surface area contributed by atoms with Crippen molar-refractivity contribution in [1.29, 1.82) is 0 Å². The zero-order valence-corrected chi connectivity index (χ0v) is 16.8. The SMILES string of the molecule is CCN(c1ccc2c(c1)Oc1ccccc1C21OC(=O)c2ccccc21)C(C)C. The highest BCUT2D eigenvalue weighted by Gasteiger charge is 2.53. The first-order valence-electron chi connectivity index (χ1n) is 10.1. The molecule has 3 aromatic rings. The maximum absolute atomic E-state index is 12.8. The molecule has 0 saturated carbocycles. The van der Waals surface area contributed by atoms with Crippen LogP contribution in [0.1, 0.15) is 47.8 Å². The second-order valence-electron chi connectivity index (χ2n) is 7.77. The number of para-hydroxylation sites is 1. The van der Waals surface area contributed by atoms with Crippen molar-refractivity contribution in [2.45, 2.75) is 32.4 Å². The molecule has 0 aromatic heterocycles. The van der Waals surface area contributed by atoms with Crippen molar-refractivity contribution in [3.63, 3.8) is 0 Å². The van der Waals surface area contributed by atoms with E-state index in [2.05, 4.69) is 37.8 Å². The van der Waals surface area contributed by atoms with E-state index in [4.69, 9.17) is 9.47 Å². The number of anilines is 1. The fraction of sp³-hybridized carbons (Fsp3) is 0.240. The largest absolute Gasteiger partial charge is 0.456 e. The molecular formula is C25H23NO3. The number of hydrogen-bond acceptors (Lipinski definition) is 4. The Labute approximate surface area is 170 Å². The lowest BCUT2D eigenvalue weighted by Crippen LogP contribution is -2.34. The molecule has 0 amide bonds. The molecule has 0 aliphatic carbocycles. The summed E-state index contributed by atoms with van der Waals surface area (Å²) in [5, 5.41) is 0. The summed E-state index contributed by atoms with van der Waals surface area (Å²) in [5.74, 6) is 1.14. The molecule has 1 unspecified atom stereocenters. The zero-order chi connectivity index (χ0) is 20.2. The standard InChI is InChI=1S/C25H23NO3/c1-4-26(16(2)3)17-13-14-21-23(15-17)28-22-12-8-7-11-20(22)25(21)19-10-6-5-9-18(19)24(27)29-25/h5-16H,4H2,1-3H3. The van der Waals surface area contributed by atoms with Crippen LogP contribution in [0.5, 0.6) is 11.5 Å². The van der Waals surface area contributed by atoms with E-state index in [-0.39, 0.29) is 5.97 Å². The van der Waals surface area contributed by atoms with E-state index in [0.717, 1.165) is 34.7 Å². The van der Waals surface area contributed by atoms with Crippen molar-refractivity contribution >= 4 is 11.7 Å². The number of esters is 1. The number of nitrogens with zero attached hydrogens (tertiary/aromatic N) is 1. The minimum atomic E-state index is -0.981. The van der Waals surface area contributed by atoms with Gasteiger partial charge in [-0.3, -0.25) is 0 Å². The van der Waals surface area contributed by atoms with Gasteiger partial charge in [-0.15, -0.1) is 0 Å². The summed E-state index contributed by atoms with van der Waals surface area (Å²) < 4.78 is 12.5. The summed E-state index contributed by atoms with van der Waals surface area (Å²) in [4.78, 5) is 15.1. The number of carbonyl (C=O) groups excluding carboxylic acids is 1. The van der Waals surface area contributed by atoms with Gasteiger partial charge in [-0.1, -0.05) is 36.4 Å². The molecule has 0 radical (unpaired) electrons. The van der Waals surface area contributed by atoms with Crippen LogP contribution < -0.4 is 9.64 Å². The lowest BCUT2D eigenvalue weighted by Gasteiger charge is -2.37. The van der Waals surface area contributed by atoms with Crippen LogP contribution in [0, 0.1) is 0 Å². The lowest BCUT2D eigenvalue weighted by atomic mass is 9.77. The van der Waals surface area contributed by atoms with Crippen molar-refractivity contribution in [2.24, 2.45) is 0 Å². The average molecular weight is 385 g/mol. The van der Waals surface area contributed by atoms with Gasteiger partial charge in [0.2, 0.25) is 0 Å². The second-order valence-corrected chi connectivity index (χ2v) is 7.77. The highest BCUT2D eigenvalue weighted by molar-refractivity contribution is 5.97. The van der Waals surface area contributed by atoms with Crippen molar-refractivity contribution in [1.82, 2.24) is 0 Å². The van der Waals surface area contributed by atoms with Crippen LogP contribution in [0.15, 0.2) is 66.7 Å². The van der Waals surface area contributed by atoms with Gasteiger partial charge >= 0.3 is 5.97 Å². The Balaban J connectivity index is 1.78. The van der Waals surface area contributed by atoms with Crippen molar-refractivity contribution < 1.29 is 14.3 Å². The predicted molar refractivity (Wildman–Crippen MR) is 113 cm³/mol. The molecule has 0 N–H and O–H groups in total. The molecule has 5 rings (SSSR count). The number of rotatable bonds is 3. The minimum Gasteiger partial charge on any atom is -0.456 e. The Kier molecular flexibility index (Phi) is 3.91. The Hall–Kier alpha value is -3.27. The third kappa shape index (κ3) is 2.42. The van der Waals surface area contributed by atoms with E-state index in [0.29, 0.717) is 17.4 Å². The van der Waals surface area contributed by atoms with Gasteiger partial charge in [0.05, 0.1) is 5.56 Å². The maximum Gasteiger partial charge on any atom is 0.340 e. The number of benzene rings is 3. The summed E-state index contributed by atoms with van der Waals surface area (Å²) in [7, 11) is 0. The van der Waals surface area contributed by atoms with E-state index in [1.54, 1.807) is 0 Å². The smallest absolute Gasteiger partial charge is 0.340 e. The van der Waals surface area contributed by atoms with E-state index >= 15 is 0 Å². The van der Waals surface area contributed by atoms with Gasteiger partial charge in [0, 0.05) is 41.0 Å². The molecule has 2 aliphatic heterocycles. The van der Waals surface area contributed by atoms with Gasteiger partial charge in [0.25, 0.3) is 0 Å². The van der Waals surface area contributed by atoms with Crippen LogP contribution in [0.4, 0.5) is 5.69 Å². The summed E-state index contributed by atoms with van der Waals surface area (Å²) in [5.41, 5.74) is 3.30. The fourth-order valence-electron chi connectivity index (χ4n) is 4.64. The highest BCUT2D eigenvalue weighted by Crippen LogP contribution is 2.56. The number of hydrogen-bond donors (Lipinski definition) is 0. The van der Waals surface area contributed by atoms with Crippen molar-refractivity contribution in [3.05, 3.63) is 89.0 Å². The number of fused-ring (bicyclic) bond motifs is 6. The van der Waals surface area contributed by atoms with Crippen LogP contribution in [-0.2, 0) is 10.3 Å². The molecule has 3 aromatic carbocycles. The topological polar surface area (TPSA) is 38.8 Å². The molecule has 4 heteroatoms. The maximum atomic E-state index is 12.8. The van der Waals surface area contributed by atoms with Gasteiger partial charge < -0.3 is 14.4 Å². The molecule has 1 spiro atoms. The summed E-state index contributed by atoms with van der Waals surface area (Å²) in [6.45, 7) is 7.40. The molecule has 0 fully saturated rings. The molecule has 2 aliphatic rings. The molecule has 29 heavy (non-hydrogen) atoms. The molecule has 4 nitrogen and oxygen atoms in total. The van der Waals surface area contributed by atoms with Crippen LogP contribution in [0.3, 0.4) is 0 Å². The first-order chi connectivity index (χ1) is 14.1. The Bertz CT molecular complexity index is 1120. The van der Waals surface area contributed by atoms with Crippen LogP contribution in [0.25, 0.3) is 0 Å². The van der Waals surface area contributed by atoms with Crippen LogP contribution in [0.2, 0.25) is 0 Å². The Morgan fingerprint density at radius 3 is 2.34 bits per heavy atom.